The maximum absolute atomic E-state index is 12.9. The predicted octanol–water partition coefficient (Wildman–Crippen LogP) is 7.90. The molecule has 3 aromatic heterocycles. The third-order valence-corrected chi connectivity index (χ3v) is 9.05. The Morgan fingerprint density at radius 1 is 0.940 bits per heavy atom. The topological polar surface area (TPSA) is 136 Å². The van der Waals surface area contributed by atoms with Gasteiger partial charge in [-0.3, -0.25) is 18.8 Å². The van der Waals surface area contributed by atoms with Crippen molar-refractivity contribution in [1.82, 2.24) is 0 Å². The van der Waals surface area contributed by atoms with Crippen molar-refractivity contribution < 1.29 is 45.1 Å². The molecule has 50 heavy (non-hydrogen) atoms. The Balaban J connectivity index is 1.31. The van der Waals surface area contributed by atoms with Crippen molar-refractivity contribution in [1.29, 1.82) is 0 Å². The van der Waals surface area contributed by atoms with E-state index in [1.807, 2.05) is 60.7 Å². The number of carbonyl (C=O) groups is 1. The molecule has 0 fully saturated rings. The highest BCUT2D eigenvalue weighted by Gasteiger charge is 2.36. The van der Waals surface area contributed by atoms with Gasteiger partial charge in [0.25, 0.3) is 5.89 Å². The minimum absolute atomic E-state index is 0.0846. The highest BCUT2D eigenvalue weighted by molar-refractivity contribution is 7.89. The zero-order valence-electron chi connectivity index (χ0n) is 26.4. The first-order chi connectivity index (χ1) is 24.1. The molecule has 0 spiro atoms. The number of furan rings is 2. The van der Waals surface area contributed by atoms with E-state index in [0.717, 1.165) is 32.0 Å². The highest BCUT2D eigenvalue weighted by atomic mass is 32.2. The van der Waals surface area contributed by atoms with E-state index in [9.17, 15) is 17.8 Å². The first kappa shape index (κ1) is 30.9. The molecule has 4 heterocycles. The number of oxazole rings is 1. The molecular weight excluding hydrogens is 660 g/mol. The van der Waals surface area contributed by atoms with Crippen LogP contribution in [0.3, 0.4) is 0 Å². The first-order valence-electron chi connectivity index (χ1n) is 15.4. The second kappa shape index (κ2) is 11.6. The number of aromatic nitrogens is 1. The first-order valence-corrected chi connectivity index (χ1v) is 16.8. The van der Waals surface area contributed by atoms with Crippen molar-refractivity contribution in [3.05, 3.63) is 126 Å². The summed E-state index contributed by atoms with van der Waals surface area (Å²) in [7, 11) is -0.761. The lowest BCUT2D eigenvalue weighted by Gasteiger charge is -2.18. The summed E-state index contributed by atoms with van der Waals surface area (Å²) in [5.74, 6) is -0.133. The van der Waals surface area contributed by atoms with Crippen LogP contribution in [0.25, 0.3) is 61.1 Å². The summed E-state index contributed by atoms with van der Waals surface area (Å²) < 4.78 is 67.1. The zero-order valence-corrected chi connectivity index (χ0v) is 27.2. The van der Waals surface area contributed by atoms with Crippen molar-refractivity contribution in [2.24, 2.45) is 0 Å². The fraction of sp³-hybridized carbons (Fsp3) is 0.0789. The Hall–Kier alpha value is -6.42. The molecule has 1 aliphatic heterocycles. The van der Waals surface area contributed by atoms with Gasteiger partial charge in [-0.1, -0.05) is 42.1 Å². The normalized spacial score (nSPS) is 14.1. The summed E-state index contributed by atoms with van der Waals surface area (Å²) >= 11 is 0. The second-order valence-electron chi connectivity index (χ2n) is 11.4. The minimum atomic E-state index is -4.92. The fourth-order valence-electron chi connectivity index (χ4n) is 6.16. The number of nitrogens with zero attached hydrogens (tertiary/aromatic N) is 2. The third kappa shape index (κ3) is 5.13. The summed E-state index contributed by atoms with van der Waals surface area (Å²) in [4.78, 5) is 14.0. The molecule has 248 valence electrons. The summed E-state index contributed by atoms with van der Waals surface area (Å²) in [6.07, 6.45) is 2.75. The number of anilines is 1. The van der Waals surface area contributed by atoms with Crippen LogP contribution in [-0.2, 0) is 19.6 Å². The van der Waals surface area contributed by atoms with E-state index >= 15 is 0 Å². The number of esters is 1. The zero-order chi connectivity index (χ0) is 34.7. The number of fused-ring (bicyclic) bond motifs is 8. The number of hydrogen-bond donors (Lipinski definition) is 1. The molecule has 0 saturated carbocycles. The third-order valence-electron chi connectivity index (χ3n) is 8.28. The lowest BCUT2D eigenvalue weighted by atomic mass is 10.1. The van der Waals surface area contributed by atoms with Gasteiger partial charge in [0.1, 0.15) is 27.9 Å². The maximum Gasteiger partial charge on any atom is 0.319 e. The summed E-state index contributed by atoms with van der Waals surface area (Å²) in [6, 6.07) is 22.1. The van der Waals surface area contributed by atoms with E-state index in [1.54, 1.807) is 29.7 Å². The van der Waals surface area contributed by atoms with Crippen molar-refractivity contribution in [2.45, 2.75) is 13.3 Å². The monoisotopic (exact) mass is 686 g/mol. The van der Waals surface area contributed by atoms with Crippen LogP contribution in [0, 0.1) is 7.05 Å². The Morgan fingerprint density at radius 2 is 1.60 bits per heavy atom. The molecule has 7 aromatic rings. The lowest BCUT2D eigenvalue weighted by molar-refractivity contribution is -0.592. The molecule has 1 aliphatic rings. The van der Waals surface area contributed by atoms with Gasteiger partial charge in [-0.15, -0.1) is 0 Å². The fourth-order valence-corrected chi connectivity index (χ4v) is 6.78. The Morgan fingerprint density at radius 3 is 2.26 bits per heavy atom. The molecule has 0 saturated heterocycles. The van der Waals surface area contributed by atoms with Gasteiger partial charge in [0, 0.05) is 46.8 Å². The van der Waals surface area contributed by atoms with E-state index < -0.39 is 21.1 Å². The van der Waals surface area contributed by atoms with Crippen LogP contribution in [-0.4, -0.2) is 25.5 Å². The van der Waals surface area contributed by atoms with Gasteiger partial charge in [0.2, 0.25) is 10.9 Å². The van der Waals surface area contributed by atoms with Gasteiger partial charge in [0.05, 0.1) is 18.7 Å². The Bertz CT molecular complexity index is 2840. The molecule has 4 aromatic carbocycles. The van der Waals surface area contributed by atoms with Gasteiger partial charge in [-0.2, -0.15) is 8.42 Å². The number of hydrogen-bond acceptors (Lipinski definition) is 9. The van der Waals surface area contributed by atoms with E-state index in [-0.39, 0.29) is 36.2 Å². The van der Waals surface area contributed by atoms with Crippen molar-refractivity contribution in [2.75, 3.05) is 11.5 Å². The molecule has 0 bridgehead atoms. The van der Waals surface area contributed by atoms with Crippen LogP contribution in [0.2, 0.25) is 0 Å². The second-order valence-corrected chi connectivity index (χ2v) is 12.7. The average Bonchev–Trinajstić information content (AvgIpc) is 3.81. The van der Waals surface area contributed by atoms with Gasteiger partial charge in [-0.25, -0.2) is 0 Å². The molecule has 8 rings (SSSR count). The molecule has 12 heteroatoms. The molecule has 0 amide bonds. The van der Waals surface area contributed by atoms with E-state index in [1.165, 1.54) is 6.08 Å². The maximum atomic E-state index is 12.9. The smallest absolute Gasteiger partial charge is 0.319 e. The van der Waals surface area contributed by atoms with Crippen LogP contribution in [0.1, 0.15) is 19.2 Å². The Kier molecular flexibility index (Phi) is 7.18. The van der Waals surface area contributed by atoms with E-state index in [2.05, 4.69) is 25.1 Å². The Labute approximate surface area is 284 Å². The van der Waals surface area contributed by atoms with Crippen LogP contribution < -0.4 is 14.2 Å². The van der Waals surface area contributed by atoms with Crippen LogP contribution in [0.15, 0.2) is 127 Å². The molecular formula is C38H26N2O9S. The van der Waals surface area contributed by atoms with E-state index in [4.69, 9.17) is 22.7 Å². The average molecular weight is 687 g/mol. The van der Waals surface area contributed by atoms with Crippen LogP contribution >= 0.6 is 0 Å². The van der Waals surface area contributed by atoms with Gasteiger partial charge in [-0.05, 0) is 55.1 Å². The number of allylic oxidation sites excluding steroid dienone is 1. The number of para-hydroxylation sites is 2. The molecule has 0 unspecified atom stereocenters. The van der Waals surface area contributed by atoms with Gasteiger partial charge < -0.3 is 22.7 Å². The number of rotatable bonds is 7. The largest absolute Gasteiger partial charge is 0.469 e. The standard InChI is InChI=1S/C38H26N2O9S/c1-4-10-37(50(42,43)44)40-28-21-32-26(24-12-7-9-14-30(24)47-32)19-34(28)49-36(40)16-22(17-38(41)45-5-2)15-35-39(3)27-20-31-25(18-33(27)48-35)23-11-6-8-13-29(23)46-31/h6-9,11-16,18-21H,1,3,5,17H2,2H3,(H,42,43,44). The lowest BCUT2D eigenvalue weighted by Crippen LogP contribution is -2.27. The number of ether oxygens (including phenoxy) is 2. The number of benzene rings is 4. The van der Waals surface area contributed by atoms with Gasteiger partial charge >= 0.3 is 16.1 Å². The number of carbonyl (C=O) groups excluding carboxylic acids is 1. The molecule has 0 aliphatic carbocycles. The SMILES string of the molecule is C=C=C=C(N1C(=CC(=Cc2oc3cc4c(cc3[n+]2[CH2-])oc2ccccc24)CC(=O)OCC)Oc2cc3c(cc21)oc1ccccc13)S(=O)(=O)O. The van der Waals surface area contributed by atoms with Crippen LogP contribution in [0.4, 0.5) is 5.69 Å². The molecule has 0 atom stereocenters. The summed E-state index contributed by atoms with van der Waals surface area (Å²) in [6.45, 7) is 5.27. The minimum Gasteiger partial charge on any atom is -0.469 e. The predicted molar refractivity (Wildman–Crippen MR) is 186 cm³/mol. The van der Waals surface area contributed by atoms with E-state index in [0.29, 0.717) is 33.4 Å². The van der Waals surface area contributed by atoms with Gasteiger partial charge in [0.15, 0.2) is 11.3 Å². The molecule has 1 N–H and O–H groups in total. The summed E-state index contributed by atoms with van der Waals surface area (Å²) in [5.41, 5.74) is 8.80. The van der Waals surface area contributed by atoms with Crippen molar-refractivity contribution >= 4 is 82.8 Å². The van der Waals surface area contributed by atoms with Crippen molar-refractivity contribution in [3.8, 4) is 5.75 Å². The van der Waals surface area contributed by atoms with Crippen molar-refractivity contribution in [3.63, 3.8) is 0 Å². The van der Waals surface area contributed by atoms with Crippen LogP contribution in [0.5, 0.6) is 5.75 Å². The quantitative estimate of drug-likeness (QED) is 0.0579. The summed E-state index contributed by atoms with van der Waals surface area (Å²) in [5, 5.41) is 2.61. The highest BCUT2D eigenvalue weighted by Crippen LogP contribution is 2.47. The molecule has 0 radical (unpaired) electrons. The molecule has 11 nitrogen and oxygen atoms in total.